The number of hydrogen-bond acceptors (Lipinski definition) is 5. The van der Waals surface area contributed by atoms with Gasteiger partial charge in [-0.2, -0.15) is 0 Å². The third-order valence-electron chi connectivity index (χ3n) is 2.71. The lowest BCUT2D eigenvalue weighted by molar-refractivity contribution is -0.138. The minimum atomic E-state index is -4.26. The van der Waals surface area contributed by atoms with Crippen molar-refractivity contribution in [2.75, 3.05) is 0 Å². The molecule has 1 heterocycles. The second-order valence-corrected chi connectivity index (χ2v) is 6.96. The van der Waals surface area contributed by atoms with E-state index in [1.54, 1.807) is 0 Å². The molecular weight excluding hydrogens is 302 g/mol. The van der Waals surface area contributed by atoms with Crippen LogP contribution in [0.1, 0.15) is 20.3 Å². The molecule has 21 heavy (non-hydrogen) atoms. The Bertz CT molecular complexity index is 787. The number of sulfonamides is 1. The van der Waals surface area contributed by atoms with Crippen LogP contribution in [-0.4, -0.2) is 34.2 Å². The van der Waals surface area contributed by atoms with Crippen molar-refractivity contribution in [3.05, 3.63) is 27.0 Å². The van der Waals surface area contributed by atoms with Gasteiger partial charge >= 0.3 is 11.7 Å². The summed E-state index contributed by atoms with van der Waals surface area (Å²) in [6.07, 6.45) is 0.447. The maximum absolute atomic E-state index is 12.2. The highest BCUT2D eigenvalue weighted by Gasteiger charge is 2.31. The molecule has 118 valence electrons. The summed E-state index contributed by atoms with van der Waals surface area (Å²) in [4.78, 5) is 33.5. The van der Waals surface area contributed by atoms with Gasteiger partial charge in [-0.05, 0) is 13.8 Å². The van der Waals surface area contributed by atoms with Crippen molar-refractivity contribution in [1.82, 2.24) is 13.9 Å². The molecule has 0 aromatic carbocycles. The highest BCUT2D eigenvalue weighted by atomic mass is 32.2. The van der Waals surface area contributed by atoms with E-state index in [0.29, 0.717) is 4.57 Å². The molecule has 0 fully saturated rings. The lowest BCUT2D eigenvalue weighted by Crippen LogP contribution is -2.48. The molecule has 0 aliphatic heterocycles. The molecule has 0 bridgehead atoms. The summed E-state index contributed by atoms with van der Waals surface area (Å²) in [5.41, 5.74) is -2.93. The van der Waals surface area contributed by atoms with Crippen LogP contribution in [0.2, 0.25) is 0 Å². The summed E-state index contributed by atoms with van der Waals surface area (Å²) < 4.78 is 28.2. The first-order valence-electron chi connectivity index (χ1n) is 5.90. The van der Waals surface area contributed by atoms with E-state index < -0.39 is 44.1 Å². The molecule has 0 spiro atoms. The standard InChI is InChI=1S/C11H17N3O6S/c1-11(2,5-8(15)16)12-21(19,20)7-6-13(3)10(18)14(4)9(7)17/h6,12H,5H2,1-4H3,(H,15,16). The normalized spacial score (nSPS) is 12.4. The van der Waals surface area contributed by atoms with E-state index in [1.807, 2.05) is 0 Å². The van der Waals surface area contributed by atoms with Gasteiger partial charge in [-0.15, -0.1) is 0 Å². The van der Waals surface area contributed by atoms with Gasteiger partial charge in [0.1, 0.15) is 0 Å². The molecule has 0 atom stereocenters. The van der Waals surface area contributed by atoms with E-state index in [-0.39, 0.29) is 0 Å². The van der Waals surface area contributed by atoms with E-state index in [4.69, 9.17) is 5.11 Å². The molecule has 2 N–H and O–H groups in total. The molecule has 0 amide bonds. The van der Waals surface area contributed by atoms with Gasteiger partial charge < -0.3 is 9.67 Å². The van der Waals surface area contributed by atoms with Gasteiger partial charge in [0, 0.05) is 25.8 Å². The van der Waals surface area contributed by atoms with Gasteiger partial charge in [0.15, 0.2) is 4.90 Å². The topological polar surface area (TPSA) is 127 Å². The SMILES string of the molecule is Cn1cc(S(=O)(=O)NC(C)(C)CC(=O)O)c(=O)n(C)c1=O. The summed E-state index contributed by atoms with van der Waals surface area (Å²) in [5.74, 6) is -1.18. The molecule has 10 heteroatoms. The molecule has 0 saturated heterocycles. The first kappa shape index (κ1) is 17.1. The first-order valence-corrected chi connectivity index (χ1v) is 7.38. The summed E-state index contributed by atoms with van der Waals surface area (Å²) in [6, 6.07) is 0. The van der Waals surface area contributed by atoms with E-state index >= 15 is 0 Å². The molecule has 9 nitrogen and oxygen atoms in total. The van der Waals surface area contributed by atoms with Crippen LogP contribution in [0.25, 0.3) is 0 Å². The number of rotatable bonds is 5. The predicted molar refractivity (Wildman–Crippen MR) is 73.6 cm³/mol. The van der Waals surface area contributed by atoms with Crippen LogP contribution in [0.3, 0.4) is 0 Å². The summed E-state index contributed by atoms with van der Waals surface area (Å²) >= 11 is 0. The fraction of sp³-hybridized carbons (Fsp3) is 0.545. The molecule has 0 aliphatic carbocycles. The van der Waals surface area contributed by atoms with Gasteiger partial charge in [0.2, 0.25) is 10.0 Å². The molecule has 0 radical (unpaired) electrons. The first-order chi connectivity index (χ1) is 9.37. The Morgan fingerprint density at radius 2 is 1.86 bits per heavy atom. The molecule has 0 unspecified atom stereocenters. The second kappa shape index (κ2) is 5.45. The number of carboxylic acid groups (broad SMARTS) is 1. The van der Waals surface area contributed by atoms with Crippen molar-refractivity contribution >= 4 is 16.0 Å². The lowest BCUT2D eigenvalue weighted by Gasteiger charge is -2.23. The van der Waals surface area contributed by atoms with Crippen LogP contribution in [0, 0.1) is 0 Å². The number of hydrogen-bond donors (Lipinski definition) is 2. The number of nitrogens with zero attached hydrogens (tertiary/aromatic N) is 2. The van der Waals surface area contributed by atoms with E-state index in [1.165, 1.54) is 20.9 Å². The zero-order chi connectivity index (χ0) is 16.6. The Kier molecular flexibility index (Phi) is 4.44. The smallest absolute Gasteiger partial charge is 0.330 e. The number of aryl methyl sites for hydroxylation is 1. The maximum Gasteiger partial charge on any atom is 0.330 e. The van der Waals surface area contributed by atoms with Crippen LogP contribution < -0.4 is 16.0 Å². The Balaban J connectivity index is 3.37. The minimum absolute atomic E-state index is 0.460. The van der Waals surface area contributed by atoms with Gasteiger partial charge in [0.05, 0.1) is 6.42 Å². The number of nitrogens with one attached hydrogen (secondary N) is 1. The summed E-state index contributed by atoms with van der Waals surface area (Å²) in [7, 11) is -1.79. The average Bonchev–Trinajstić information content (AvgIpc) is 2.27. The van der Waals surface area contributed by atoms with Crippen molar-refractivity contribution in [3.63, 3.8) is 0 Å². The van der Waals surface area contributed by atoms with E-state index in [9.17, 15) is 22.8 Å². The quantitative estimate of drug-likeness (QED) is 0.688. The molecule has 1 aromatic rings. The number of aliphatic carboxylic acids is 1. The van der Waals surface area contributed by atoms with Crippen LogP contribution in [-0.2, 0) is 28.9 Å². The van der Waals surface area contributed by atoms with Crippen LogP contribution in [0.5, 0.6) is 0 Å². The maximum atomic E-state index is 12.2. The van der Waals surface area contributed by atoms with Gasteiger partial charge in [0.25, 0.3) is 5.56 Å². The number of carboxylic acids is 1. The zero-order valence-electron chi connectivity index (χ0n) is 12.1. The summed E-state index contributed by atoms with van der Waals surface area (Å²) in [6.45, 7) is 2.76. The van der Waals surface area contributed by atoms with Crippen LogP contribution in [0.4, 0.5) is 0 Å². The molecule has 0 aliphatic rings. The fourth-order valence-electron chi connectivity index (χ4n) is 1.79. The molecule has 1 rings (SSSR count). The lowest BCUT2D eigenvalue weighted by atomic mass is 10.0. The van der Waals surface area contributed by atoms with E-state index in [0.717, 1.165) is 17.8 Å². The molecule has 0 saturated carbocycles. The Labute approximate surface area is 120 Å². The van der Waals surface area contributed by atoms with Gasteiger partial charge in [-0.3, -0.25) is 14.2 Å². The summed E-state index contributed by atoms with van der Waals surface area (Å²) in [5, 5.41) is 8.75. The zero-order valence-corrected chi connectivity index (χ0v) is 12.9. The Morgan fingerprint density at radius 1 is 1.33 bits per heavy atom. The fourth-order valence-corrected chi connectivity index (χ4v) is 3.37. The number of aromatic nitrogens is 2. The predicted octanol–water partition coefficient (Wildman–Crippen LogP) is -1.38. The monoisotopic (exact) mass is 319 g/mol. The van der Waals surface area contributed by atoms with Crippen molar-refractivity contribution in [2.45, 2.75) is 30.7 Å². The minimum Gasteiger partial charge on any atom is -0.481 e. The van der Waals surface area contributed by atoms with E-state index in [2.05, 4.69) is 4.72 Å². The molecule has 1 aromatic heterocycles. The van der Waals surface area contributed by atoms with Crippen LogP contribution >= 0.6 is 0 Å². The van der Waals surface area contributed by atoms with Crippen LogP contribution in [0.15, 0.2) is 20.7 Å². The van der Waals surface area contributed by atoms with Crippen molar-refractivity contribution < 1.29 is 18.3 Å². The largest absolute Gasteiger partial charge is 0.481 e. The highest BCUT2D eigenvalue weighted by Crippen LogP contribution is 2.13. The van der Waals surface area contributed by atoms with Gasteiger partial charge in [-0.25, -0.2) is 17.9 Å². The van der Waals surface area contributed by atoms with Crippen molar-refractivity contribution in [3.8, 4) is 0 Å². The van der Waals surface area contributed by atoms with Crippen molar-refractivity contribution in [1.29, 1.82) is 0 Å². The molecular formula is C11H17N3O6S. The van der Waals surface area contributed by atoms with Crippen molar-refractivity contribution in [2.24, 2.45) is 14.1 Å². The Morgan fingerprint density at radius 3 is 2.33 bits per heavy atom. The third-order valence-corrected chi connectivity index (χ3v) is 4.39. The second-order valence-electron chi connectivity index (χ2n) is 5.31. The Hall–Kier alpha value is -1.94. The van der Waals surface area contributed by atoms with Gasteiger partial charge in [-0.1, -0.05) is 0 Å². The highest BCUT2D eigenvalue weighted by molar-refractivity contribution is 7.89. The average molecular weight is 319 g/mol. The number of carbonyl (C=O) groups is 1. The third kappa shape index (κ3) is 3.79.